The van der Waals surface area contributed by atoms with Crippen molar-refractivity contribution in [1.82, 2.24) is 0 Å². The molecule has 0 heterocycles. The second kappa shape index (κ2) is 8.20. The topological polar surface area (TPSA) is 24.7 Å². The summed E-state index contributed by atoms with van der Waals surface area (Å²) in [6.45, 7) is 1.90. The zero-order chi connectivity index (χ0) is 13.2. The van der Waals surface area contributed by atoms with Gasteiger partial charge in [0.2, 0.25) is 0 Å². The highest BCUT2D eigenvalue weighted by Gasteiger charge is 1.92. The molecule has 0 aliphatic carbocycles. The van der Waals surface area contributed by atoms with Crippen LogP contribution in [0.25, 0.3) is 0 Å². The van der Waals surface area contributed by atoms with E-state index in [2.05, 4.69) is 40.6 Å². The summed E-state index contributed by atoms with van der Waals surface area (Å²) in [4.78, 5) is 0. The van der Waals surface area contributed by atoms with Gasteiger partial charge in [0.05, 0.1) is 12.2 Å². The first-order valence-electron chi connectivity index (χ1n) is 6.76. The molecule has 0 N–H and O–H groups in total. The molecule has 0 amide bonds. The molecule has 2 rings (SSSR count). The Bertz CT molecular complexity index is 477. The maximum atomic E-state index is 4.13. The molecule has 19 heavy (non-hydrogen) atoms. The van der Waals surface area contributed by atoms with Gasteiger partial charge < -0.3 is 0 Å². The molecular weight excluding hydrogens is 232 g/mol. The standard InChI is InChI=1S/C17H19N2/c1-4-10-16(11-5-1)12-6-3-9-15-18-19-17-13-7-2-8-14-17/h1-2,4-5,7-8,10-11,13-15H,3,6,9,12H2. The van der Waals surface area contributed by atoms with Crippen molar-refractivity contribution in [1.29, 1.82) is 0 Å². The van der Waals surface area contributed by atoms with Crippen LogP contribution < -0.4 is 0 Å². The molecule has 0 aliphatic rings. The molecule has 0 unspecified atom stereocenters. The summed E-state index contributed by atoms with van der Waals surface area (Å²) in [5.41, 5.74) is 2.32. The van der Waals surface area contributed by atoms with Crippen molar-refractivity contribution in [2.45, 2.75) is 25.7 Å². The third-order valence-corrected chi connectivity index (χ3v) is 2.90. The first-order valence-corrected chi connectivity index (χ1v) is 6.76. The van der Waals surface area contributed by atoms with Gasteiger partial charge in [-0.05, 0) is 37.0 Å². The summed E-state index contributed by atoms with van der Waals surface area (Å²) in [5.74, 6) is 0. The van der Waals surface area contributed by atoms with Gasteiger partial charge >= 0.3 is 0 Å². The fourth-order valence-corrected chi connectivity index (χ4v) is 1.87. The number of unbranched alkanes of at least 4 members (excludes halogenated alkanes) is 2. The van der Waals surface area contributed by atoms with Crippen molar-refractivity contribution in [3.05, 3.63) is 72.8 Å². The van der Waals surface area contributed by atoms with E-state index in [1.807, 2.05) is 36.9 Å². The Kier molecular flexibility index (Phi) is 5.81. The molecule has 1 radical (unpaired) electrons. The number of azo groups is 1. The molecule has 2 aromatic rings. The second-order valence-corrected chi connectivity index (χ2v) is 4.46. The summed E-state index contributed by atoms with van der Waals surface area (Å²) in [6, 6.07) is 20.4. The predicted molar refractivity (Wildman–Crippen MR) is 79.3 cm³/mol. The molecular formula is C17H19N2. The van der Waals surface area contributed by atoms with E-state index < -0.39 is 0 Å². The third kappa shape index (κ3) is 5.47. The number of nitrogens with zero attached hydrogens (tertiary/aromatic N) is 2. The molecule has 0 fully saturated rings. The van der Waals surface area contributed by atoms with Crippen LogP contribution in [-0.2, 0) is 6.42 Å². The molecule has 0 spiro atoms. The largest absolute Gasteiger partial charge is 0.183 e. The van der Waals surface area contributed by atoms with Crippen molar-refractivity contribution in [3.8, 4) is 0 Å². The van der Waals surface area contributed by atoms with Gasteiger partial charge in [-0.1, -0.05) is 55.0 Å². The van der Waals surface area contributed by atoms with Crippen molar-refractivity contribution in [2.24, 2.45) is 10.2 Å². The molecule has 0 aliphatic heterocycles. The van der Waals surface area contributed by atoms with Crippen molar-refractivity contribution >= 4 is 5.69 Å². The number of aryl methyl sites for hydroxylation is 1. The normalized spacial score (nSPS) is 10.9. The van der Waals surface area contributed by atoms with Crippen molar-refractivity contribution in [3.63, 3.8) is 0 Å². The van der Waals surface area contributed by atoms with Crippen LogP contribution in [0.1, 0.15) is 24.8 Å². The molecule has 0 aromatic heterocycles. The van der Waals surface area contributed by atoms with Gasteiger partial charge in [0, 0.05) is 0 Å². The van der Waals surface area contributed by atoms with Crippen molar-refractivity contribution < 1.29 is 0 Å². The zero-order valence-electron chi connectivity index (χ0n) is 11.1. The zero-order valence-corrected chi connectivity index (χ0v) is 11.1. The summed E-state index contributed by atoms with van der Waals surface area (Å²) < 4.78 is 0. The van der Waals surface area contributed by atoms with E-state index in [-0.39, 0.29) is 0 Å². The van der Waals surface area contributed by atoms with Crippen LogP contribution in [0.5, 0.6) is 0 Å². The SMILES string of the molecule is [CH](CCCCc1ccccc1)N=Nc1ccccc1. The van der Waals surface area contributed by atoms with E-state index in [1.54, 1.807) is 0 Å². The Morgan fingerprint density at radius 2 is 1.47 bits per heavy atom. The van der Waals surface area contributed by atoms with Gasteiger partial charge in [-0.3, -0.25) is 0 Å². The van der Waals surface area contributed by atoms with Gasteiger partial charge in [0.25, 0.3) is 0 Å². The summed E-state index contributed by atoms with van der Waals surface area (Å²) in [7, 11) is 0. The van der Waals surface area contributed by atoms with Crippen molar-refractivity contribution in [2.75, 3.05) is 0 Å². The van der Waals surface area contributed by atoms with Crippen LogP contribution in [0.3, 0.4) is 0 Å². The minimum Gasteiger partial charge on any atom is -0.183 e. The fraction of sp³-hybridized carbons (Fsp3) is 0.235. The molecule has 0 bridgehead atoms. The van der Waals surface area contributed by atoms with Gasteiger partial charge in [-0.25, -0.2) is 0 Å². The molecule has 0 saturated heterocycles. The van der Waals surface area contributed by atoms with Crippen LogP contribution in [0.2, 0.25) is 0 Å². The summed E-state index contributed by atoms with van der Waals surface area (Å²) >= 11 is 0. The molecule has 97 valence electrons. The average Bonchev–Trinajstić information content (AvgIpc) is 2.48. The number of hydrogen-bond donors (Lipinski definition) is 0. The Morgan fingerprint density at radius 3 is 2.21 bits per heavy atom. The predicted octanol–water partition coefficient (Wildman–Crippen LogP) is 5.35. The highest BCUT2D eigenvalue weighted by atomic mass is 15.1. The van der Waals surface area contributed by atoms with E-state index in [0.29, 0.717) is 0 Å². The fourth-order valence-electron chi connectivity index (χ4n) is 1.87. The van der Waals surface area contributed by atoms with Crippen LogP contribution >= 0.6 is 0 Å². The minimum absolute atomic E-state index is 0.906. The molecule has 2 aromatic carbocycles. The molecule has 2 heteroatoms. The first kappa shape index (κ1) is 13.5. The van der Waals surface area contributed by atoms with E-state index >= 15 is 0 Å². The lowest BCUT2D eigenvalue weighted by Gasteiger charge is -1.99. The van der Waals surface area contributed by atoms with Crippen LogP contribution in [0.4, 0.5) is 5.69 Å². The van der Waals surface area contributed by atoms with Crippen LogP contribution in [0, 0.1) is 6.54 Å². The minimum atomic E-state index is 0.906. The van der Waals surface area contributed by atoms with Crippen LogP contribution in [0.15, 0.2) is 70.9 Å². The Morgan fingerprint density at radius 1 is 0.789 bits per heavy atom. The Balaban J connectivity index is 1.56. The lowest BCUT2D eigenvalue weighted by atomic mass is 10.1. The quantitative estimate of drug-likeness (QED) is 0.468. The summed E-state index contributed by atoms with van der Waals surface area (Å²) in [5, 5.41) is 8.22. The van der Waals surface area contributed by atoms with Gasteiger partial charge in [0.1, 0.15) is 0 Å². The maximum Gasteiger partial charge on any atom is 0.0953 e. The lowest BCUT2D eigenvalue weighted by molar-refractivity contribution is 0.717. The lowest BCUT2D eigenvalue weighted by Crippen LogP contribution is -1.84. The smallest absolute Gasteiger partial charge is 0.0953 e. The summed E-state index contributed by atoms with van der Waals surface area (Å²) in [6.07, 6.45) is 4.48. The average molecular weight is 251 g/mol. The van der Waals surface area contributed by atoms with Gasteiger partial charge in [0.15, 0.2) is 0 Å². The van der Waals surface area contributed by atoms with E-state index in [1.165, 1.54) is 12.0 Å². The Hall–Kier alpha value is -1.96. The Labute approximate surface area is 115 Å². The van der Waals surface area contributed by atoms with Gasteiger partial charge in [-0.15, -0.1) is 0 Å². The number of hydrogen-bond acceptors (Lipinski definition) is 2. The van der Waals surface area contributed by atoms with E-state index in [9.17, 15) is 0 Å². The van der Waals surface area contributed by atoms with E-state index in [0.717, 1.165) is 24.9 Å². The third-order valence-electron chi connectivity index (χ3n) is 2.90. The second-order valence-electron chi connectivity index (χ2n) is 4.46. The highest BCUT2D eigenvalue weighted by molar-refractivity contribution is 5.34. The van der Waals surface area contributed by atoms with E-state index in [4.69, 9.17) is 0 Å². The molecule has 0 atom stereocenters. The van der Waals surface area contributed by atoms with Gasteiger partial charge in [-0.2, -0.15) is 10.2 Å². The highest BCUT2D eigenvalue weighted by Crippen LogP contribution is 2.12. The van der Waals surface area contributed by atoms with Crippen LogP contribution in [-0.4, -0.2) is 0 Å². The number of benzene rings is 2. The first-order chi connectivity index (χ1) is 9.45. The molecule has 0 saturated carbocycles. The molecule has 2 nitrogen and oxygen atoms in total. The monoisotopic (exact) mass is 251 g/mol. The number of rotatable bonds is 7. The maximum absolute atomic E-state index is 4.13.